The van der Waals surface area contributed by atoms with Crippen LogP contribution in [-0.4, -0.2) is 87.3 Å². The first-order valence-corrected chi connectivity index (χ1v) is 11.4. The molecule has 15 heteroatoms. The van der Waals surface area contributed by atoms with E-state index in [9.17, 15) is 38.4 Å². The fourth-order valence-corrected chi connectivity index (χ4v) is 3.17. The quantitative estimate of drug-likeness (QED) is 0.0994. The summed E-state index contributed by atoms with van der Waals surface area (Å²) in [5.74, 6) is -7.38. The summed E-state index contributed by atoms with van der Waals surface area (Å²) in [6.07, 6.45) is -2.38. The second-order valence-corrected chi connectivity index (χ2v) is 8.72. The zero-order valence-corrected chi connectivity index (χ0v) is 20.8. The lowest BCUT2D eigenvalue weighted by Gasteiger charge is -2.26. The van der Waals surface area contributed by atoms with Crippen LogP contribution in [0.2, 0.25) is 0 Å². The molecule has 4 amide bonds. The summed E-state index contributed by atoms with van der Waals surface area (Å²) >= 11 is 0. The molecule has 7 N–H and O–H groups in total. The number of hydrogen-bond acceptors (Lipinski definition) is 8. The van der Waals surface area contributed by atoms with Crippen LogP contribution in [-0.2, 0) is 38.4 Å². The van der Waals surface area contributed by atoms with E-state index in [1.807, 2.05) is 0 Å². The van der Waals surface area contributed by atoms with E-state index in [-0.39, 0.29) is 18.6 Å². The second kappa shape index (κ2) is 16.6. The van der Waals surface area contributed by atoms with Crippen LogP contribution < -0.4 is 21.3 Å². The van der Waals surface area contributed by atoms with Crippen molar-refractivity contribution in [1.82, 2.24) is 21.3 Å². The molecule has 0 saturated heterocycles. The predicted octanol–water partition coefficient (Wildman–Crippen LogP) is -1.61. The van der Waals surface area contributed by atoms with E-state index in [0.29, 0.717) is 0 Å². The van der Waals surface area contributed by atoms with Gasteiger partial charge in [0.05, 0.1) is 12.5 Å². The largest absolute Gasteiger partial charge is 0.481 e. The van der Waals surface area contributed by atoms with Crippen LogP contribution >= 0.6 is 0 Å². The molecule has 0 spiro atoms. The number of carbonyl (C=O) groups is 8. The minimum absolute atomic E-state index is 0.0328. The topological polar surface area (TPSA) is 245 Å². The van der Waals surface area contributed by atoms with E-state index in [1.165, 1.54) is 6.92 Å². The summed E-state index contributed by atoms with van der Waals surface area (Å²) in [5.41, 5.74) is 0. The molecule has 0 aliphatic rings. The Labute approximate surface area is 212 Å². The van der Waals surface area contributed by atoms with Gasteiger partial charge < -0.3 is 41.4 Å². The first kappa shape index (κ1) is 33.0. The van der Waals surface area contributed by atoms with Gasteiger partial charge in [-0.05, 0) is 25.2 Å². The number of carboxylic acid groups (broad SMARTS) is 3. The minimum Gasteiger partial charge on any atom is -0.481 e. The maximum atomic E-state index is 13.0. The summed E-state index contributed by atoms with van der Waals surface area (Å²) in [6, 6.07) is -5.52. The third-order valence-corrected chi connectivity index (χ3v) is 4.85. The Hall–Kier alpha value is -4.04. The number of carboxylic acids is 3. The fourth-order valence-electron chi connectivity index (χ4n) is 3.17. The normalized spacial score (nSPS) is 13.8. The molecule has 0 fully saturated rings. The Balaban J connectivity index is 5.78. The molecule has 208 valence electrons. The molecule has 0 bridgehead atoms. The maximum absolute atomic E-state index is 13.0. The van der Waals surface area contributed by atoms with Crippen molar-refractivity contribution >= 4 is 47.8 Å². The Morgan fingerprint density at radius 1 is 0.676 bits per heavy atom. The molecule has 0 aliphatic heterocycles. The molecular weight excluding hydrogens is 496 g/mol. The van der Waals surface area contributed by atoms with Crippen molar-refractivity contribution in [1.29, 1.82) is 0 Å². The number of nitrogens with one attached hydrogen (secondary N) is 4. The average Bonchev–Trinajstić information content (AvgIpc) is 2.76. The highest BCUT2D eigenvalue weighted by Gasteiger charge is 2.31. The average molecular weight is 531 g/mol. The third kappa shape index (κ3) is 14.8. The van der Waals surface area contributed by atoms with Gasteiger partial charge in [0, 0.05) is 19.8 Å². The molecule has 0 aliphatic carbocycles. The molecular formula is C22H34N4O11. The van der Waals surface area contributed by atoms with E-state index in [2.05, 4.69) is 21.3 Å². The molecule has 0 radical (unpaired) electrons. The number of aldehydes is 1. The van der Waals surface area contributed by atoms with Crippen molar-refractivity contribution in [2.45, 2.75) is 83.5 Å². The first-order valence-electron chi connectivity index (χ1n) is 11.4. The molecule has 0 aromatic carbocycles. The van der Waals surface area contributed by atoms with Crippen molar-refractivity contribution in [3.63, 3.8) is 0 Å². The van der Waals surface area contributed by atoms with Crippen molar-refractivity contribution < 1.29 is 53.7 Å². The van der Waals surface area contributed by atoms with Crippen molar-refractivity contribution in [3.05, 3.63) is 0 Å². The van der Waals surface area contributed by atoms with Crippen LogP contribution in [0.3, 0.4) is 0 Å². The summed E-state index contributed by atoms with van der Waals surface area (Å²) < 4.78 is 0. The van der Waals surface area contributed by atoms with Crippen molar-refractivity contribution in [3.8, 4) is 0 Å². The second-order valence-electron chi connectivity index (χ2n) is 8.72. The summed E-state index contributed by atoms with van der Waals surface area (Å²) in [4.78, 5) is 93.9. The van der Waals surface area contributed by atoms with Gasteiger partial charge in [0.1, 0.15) is 24.4 Å². The lowest BCUT2D eigenvalue weighted by Crippen LogP contribution is -2.57. The van der Waals surface area contributed by atoms with Crippen LogP contribution in [0, 0.1) is 5.92 Å². The van der Waals surface area contributed by atoms with Gasteiger partial charge in [-0.15, -0.1) is 0 Å². The molecule has 4 unspecified atom stereocenters. The van der Waals surface area contributed by atoms with Crippen LogP contribution in [0.25, 0.3) is 0 Å². The number of amides is 4. The van der Waals surface area contributed by atoms with E-state index < -0.39 is 97.8 Å². The molecule has 4 atom stereocenters. The fraction of sp³-hybridized carbons (Fsp3) is 0.636. The SMILES string of the molecule is CC(=O)NC(CC(C)C)C(=O)NC(CCC(=O)O)C(=O)NC(CCC(=O)O)C(=O)NC(C=O)CC(=O)O. The highest BCUT2D eigenvalue weighted by molar-refractivity contribution is 5.95. The first-order chi connectivity index (χ1) is 17.2. The number of rotatable bonds is 18. The molecule has 0 aromatic rings. The van der Waals surface area contributed by atoms with Crippen LogP contribution in [0.15, 0.2) is 0 Å². The molecule has 37 heavy (non-hydrogen) atoms. The van der Waals surface area contributed by atoms with Crippen molar-refractivity contribution in [2.24, 2.45) is 5.92 Å². The molecule has 0 aromatic heterocycles. The van der Waals surface area contributed by atoms with Gasteiger partial charge in [-0.3, -0.25) is 33.6 Å². The number of hydrogen-bond donors (Lipinski definition) is 7. The van der Waals surface area contributed by atoms with E-state index in [4.69, 9.17) is 15.3 Å². The van der Waals surface area contributed by atoms with Gasteiger partial charge in [0.2, 0.25) is 23.6 Å². The van der Waals surface area contributed by atoms with Gasteiger partial charge in [-0.2, -0.15) is 0 Å². The molecule has 0 heterocycles. The Morgan fingerprint density at radius 2 is 1.11 bits per heavy atom. The zero-order chi connectivity index (χ0) is 28.7. The monoisotopic (exact) mass is 530 g/mol. The summed E-state index contributed by atoms with van der Waals surface area (Å²) in [6.45, 7) is 4.77. The molecule has 0 saturated carbocycles. The Morgan fingerprint density at radius 3 is 1.46 bits per heavy atom. The van der Waals surface area contributed by atoms with Gasteiger partial charge in [-0.25, -0.2) is 0 Å². The number of aliphatic carboxylic acids is 3. The standard InChI is InChI=1S/C22H34N4O11/c1-11(2)8-16(23-12(3)28)22(37)26-15(5-7-18(31)32)21(36)25-14(4-6-17(29)30)20(35)24-13(10-27)9-19(33)34/h10-11,13-16H,4-9H2,1-3H3,(H,23,28)(H,24,35)(H,25,36)(H,26,37)(H,29,30)(H,31,32)(H,33,34). The van der Waals surface area contributed by atoms with E-state index in [0.717, 1.165) is 0 Å². The number of carbonyl (C=O) groups excluding carboxylic acids is 5. The summed E-state index contributed by atoms with van der Waals surface area (Å²) in [5, 5.41) is 36.0. The van der Waals surface area contributed by atoms with Gasteiger partial charge >= 0.3 is 17.9 Å². The lowest BCUT2D eigenvalue weighted by atomic mass is 10.0. The highest BCUT2D eigenvalue weighted by Crippen LogP contribution is 2.08. The Kier molecular flexibility index (Phi) is 14.8. The van der Waals surface area contributed by atoms with Crippen molar-refractivity contribution in [2.75, 3.05) is 0 Å². The van der Waals surface area contributed by atoms with Crippen LogP contribution in [0.4, 0.5) is 0 Å². The van der Waals surface area contributed by atoms with E-state index >= 15 is 0 Å². The van der Waals surface area contributed by atoms with Crippen LogP contribution in [0.5, 0.6) is 0 Å². The minimum atomic E-state index is -1.55. The third-order valence-electron chi connectivity index (χ3n) is 4.85. The molecule has 15 nitrogen and oxygen atoms in total. The van der Waals surface area contributed by atoms with Gasteiger partial charge in [-0.1, -0.05) is 13.8 Å². The molecule has 0 rings (SSSR count). The Bertz CT molecular complexity index is 875. The smallest absolute Gasteiger partial charge is 0.305 e. The lowest BCUT2D eigenvalue weighted by molar-refractivity contribution is -0.140. The summed E-state index contributed by atoms with van der Waals surface area (Å²) in [7, 11) is 0. The van der Waals surface area contributed by atoms with E-state index in [1.54, 1.807) is 13.8 Å². The van der Waals surface area contributed by atoms with Gasteiger partial charge in [0.15, 0.2) is 0 Å². The highest BCUT2D eigenvalue weighted by atomic mass is 16.4. The maximum Gasteiger partial charge on any atom is 0.305 e. The van der Waals surface area contributed by atoms with Gasteiger partial charge in [0.25, 0.3) is 0 Å². The predicted molar refractivity (Wildman–Crippen MR) is 125 cm³/mol. The van der Waals surface area contributed by atoms with Crippen LogP contribution in [0.1, 0.15) is 59.3 Å². The zero-order valence-electron chi connectivity index (χ0n) is 20.8.